The third kappa shape index (κ3) is 5.47. The van der Waals surface area contributed by atoms with Gasteiger partial charge in [-0.05, 0) is 45.1 Å². The number of amides is 1. The van der Waals surface area contributed by atoms with Crippen molar-refractivity contribution >= 4 is 11.7 Å². The van der Waals surface area contributed by atoms with Crippen molar-refractivity contribution in [2.45, 2.75) is 64.5 Å². The molecule has 0 aliphatic heterocycles. The second kappa shape index (κ2) is 7.92. The van der Waals surface area contributed by atoms with Crippen molar-refractivity contribution in [3.63, 3.8) is 0 Å². The maximum Gasteiger partial charge on any atom is 0.220 e. The van der Waals surface area contributed by atoms with Crippen LogP contribution in [0.15, 0.2) is 18.3 Å². The van der Waals surface area contributed by atoms with E-state index in [9.17, 15) is 9.59 Å². The molecule has 0 aromatic carbocycles. The van der Waals surface area contributed by atoms with Crippen LogP contribution in [0.5, 0.6) is 5.88 Å². The summed E-state index contributed by atoms with van der Waals surface area (Å²) in [7, 11) is 0. The minimum absolute atomic E-state index is 0.0280. The highest BCUT2D eigenvalue weighted by Crippen LogP contribution is 2.23. The largest absolute Gasteiger partial charge is 0.474 e. The SMILES string of the molecule is CC(=O)CCC(=O)NC1CCC(Oc2ccc(C)cn2)CC1. The van der Waals surface area contributed by atoms with Gasteiger partial charge in [-0.2, -0.15) is 0 Å². The van der Waals surface area contributed by atoms with Crippen LogP contribution < -0.4 is 10.1 Å². The molecule has 0 saturated heterocycles. The topological polar surface area (TPSA) is 68.3 Å². The Morgan fingerprint density at radius 2 is 1.95 bits per heavy atom. The molecule has 2 rings (SSSR count). The van der Waals surface area contributed by atoms with Crippen LogP contribution in [0.25, 0.3) is 0 Å². The lowest BCUT2D eigenvalue weighted by atomic mass is 9.93. The lowest BCUT2D eigenvalue weighted by Gasteiger charge is -2.29. The molecule has 1 fully saturated rings. The van der Waals surface area contributed by atoms with E-state index in [1.165, 1.54) is 6.92 Å². The van der Waals surface area contributed by atoms with Crippen molar-refractivity contribution < 1.29 is 14.3 Å². The van der Waals surface area contributed by atoms with Crippen LogP contribution >= 0.6 is 0 Å². The van der Waals surface area contributed by atoms with Gasteiger partial charge in [0.1, 0.15) is 11.9 Å². The number of carbonyl (C=O) groups excluding carboxylic acids is 2. The number of hydrogen-bond acceptors (Lipinski definition) is 4. The molecule has 0 radical (unpaired) electrons. The molecule has 1 aromatic heterocycles. The van der Waals surface area contributed by atoms with Gasteiger partial charge in [0.05, 0.1) is 0 Å². The summed E-state index contributed by atoms with van der Waals surface area (Å²) in [6.45, 7) is 3.51. The molecule has 22 heavy (non-hydrogen) atoms. The van der Waals surface area contributed by atoms with E-state index in [1.807, 2.05) is 19.1 Å². The number of ketones is 1. The summed E-state index contributed by atoms with van der Waals surface area (Å²) in [5.74, 6) is 0.692. The van der Waals surface area contributed by atoms with Crippen molar-refractivity contribution in [3.05, 3.63) is 23.9 Å². The van der Waals surface area contributed by atoms with Crippen LogP contribution in [0.3, 0.4) is 0 Å². The van der Waals surface area contributed by atoms with E-state index in [2.05, 4.69) is 10.3 Å². The second-order valence-corrected chi connectivity index (χ2v) is 6.03. The highest BCUT2D eigenvalue weighted by Gasteiger charge is 2.23. The van der Waals surface area contributed by atoms with Crippen LogP contribution in [0.4, 0.5) is 0 Å². The van der Waals surface area contributed by atoms with E-state index in [0.717, 1.165) is 31.2 Å². The molecule has 0 atom stereocenters. The molecule has 0 unspecified atom stereocenters. The predicted molar refractivity (Wildman–Crippen MR) is 83.7 cm³/mol. The highest BCUT2D eigenvalue weighted by molar-refractivity contribution is 5.83. The molecular weight excluding hydrogens is 280 g/mol. The fraction of sp³-hybridized carbons (Fsp3) is 0.588. The first-order chi connectivity index (χ1) is 10.5. The zero-order valence-corrected chi connectivity index (χ0v) is 13.3. The molecule has 1 amide bonds. The van der Waals surface area contributed by atoms with Gasteiger partial charge in [0.25, 0.3) is 0 Å². The molecule has 0 bridgehead atoms. The number of pyridine rings is 1. The first-order valence-electron chi connectivity index (χ1n) is 7.91. The molecule has 1 heterocycles. The number of Topliss-reactive ketones (excluding diaryl/α,β-unsaturated/α-hetero) is 1. The van der Waals surface area contributed by atoms with Gasteiger partial charge in [-0.3, -0.25) is 4.79 Å². The number of rotatable bonds is 6. The molecule has 0 spiro atoms. The van der Waals surface area contributed by atoms with Gasteiger partial charge in [-0.25, -0.2) is 4.98 Å². The quantitative estimate of drug-likeness (QED) is 0.877. The number of aryl methyl sites for hydroxylation is 1. The molecule has 1 aliphatic rings. The summed E-state index contributed by atoms with van der Waals surface area (Å²) in [6.07, 6.45) is 6.21. The molecule has 1 aromatic rings. The molecule has 1 aliphatic carbocycles. The standard InChI is InChI=1S/C17H24N2O3/c1-12-3-10-17(18-11-12)22-15-7-5-14(6-8-15)19-16(21)9-4-13(2)20/h3,10-11,14-15H,4-9H2,1-2H3,(H,19,21). The van der Waals surface area contributed by atoms with Crippen molar-refractivity contribution in [2.24, 2.45) is 0 Å². The minimum Gasteiger partial charge on any atom is -0.474 e. The van der Waals surface area contributed by atoms with E-state index < -0.39 is 0 Å². The Morgan fingerprint density at radius 3 is 2.55 bits per heavy atom. The van der Waals surface area contributed by atoms with Gasteiger partial charge < -0.3 is 14.8 Å². The molecule has 5 nitrogen and oxygen atoms in total. The number of carbonyl (C=O) groups is 2. The molecule has 120 valence electrons. The van der Waals surface area contributed by atoms with Gasteiger partial charge in [0.15, 0.2) is 0 Å². The van der Waals surface area contributed by atoms with Gasteiger partial charge in [0.2, 0.25) is 11.8 Å². The Labute approximate surface area is 131 Å². The molecule has 5 heteroatoms. The van der Waals surface area contributed by atoms with Crippen molar-refractivity contribution in [1.29, 1.82) is 0 Å². The van der Waals surface area contributed by atoms with Crippen LogP contribution in [0, 0.1) is 6.92 Å². The number of hydrogen-bond donors (Lipinski definition) is 1. The molecule has 1 saturated carbocycles. The zero-order valence-electron chi connectivity index (χ0n) is 13.3. The summed E-state index contributed by atoms with van der Waals surface area (Å²) in [4.78, 5) is 26.8. The van der Waals surface area contributed by atoms with E-state index >= 15 is 0 Å². The number of nitrogens with one attached hydrogen (secondary N) is 1. The Hall–Kier alpha value is -1.91. The second-order valence-electron chi connectivity index (χ2n) is 6.03. The van der Waals surface area contributed by atoms with Gasteiger partial charge in [0, 0.05) is 31.1 Å². The monoisotopic (exact) mass is 304 g/mol. The van der Waals surface area contributed by atoms with Gasteiger partial charge in [-0.15, -0.1) is 0 Å². The summed E-state index contributed by atoms with van der Waals surface area (Å²) in [6, 6.07) is 4.08. The fourth-order valence-corrected chi connectivity index (χ4v) is 2.61. The van der Waals surface area contributed by atoms with E-state index in [0.29, 0.717) is 18.7 Å². The van der Waals surface area contributed by atoms with Crippen LogP contribution in [-0.4, -0.2) is 28.8 Å². The van der Waals surface area contributed by atoms with E-state index in [1.54, 1.807) is 6.20 Å². The third-order valence-corrected chi connectivity index (χ3v) is 3.92. The summed E-state index contributed by atoms with van der Waals surface area (Å²) in [5, 5.41) is 3.00. The zero-order chi connectivity index (χ0) is 15.9. The maximum absolute atomic E-state index is 11.7. The van der Waals surface area contributed by atoms with E-state index in [-0.39, 0.29) is 23.8 Å². The van der Waals surface area contributed by atoms with Crippen LogP contribution in [-0.2, 0) is 9.59 Å². The number of aromatic nitrogens is 1. The first-order valence-corrected chi connectivity index (χ1v) is 7.91. The molecular formula is C17H24N2O3. The number of ether oxygens (including phenoxy) is 1. The van der Waals surface area contributed by atoms with Gasteiger partial charge in [-0.1, -0.05) is 6.07 Å². The Balaban J connectivity index is 1.70. The predicted octanol–water partition coefficient (Wildman–Crippen LogP) is 2.57. The summed E-state index contributed by atoms with van der Waals surface area (Å²) >= 11 is 0. The van der Waals surface area contributed by atoms with E-state index in [4.69, 9.17) is 4.74 Å². The first kappa shape index (κ1) is 16.5. The number of nitrogens with zero attached hydrogens (tertiary/aromatic N) is 1. The Morgan fingerprint density at radius 1 is 1.23 bits per heavy atom. The van der Waals surface area contributed by atoms with Crippen molar-refractivity contribution in [1.82, 2.24) is 10.3 Å². The molecule has 1 N–H and O–H groups in total. The van der Waals surface area contributed by atoms with Crippen molar-refractivity contribution in [2.75, 3.05) is 0 Å². The summed E-state index contributed by atoms with van der Waals surface area (Å²) < 4.78 is 5.87. The maximum atomic E-state index is 11.7. The van der Waals surface area contributed by atoms with Gasteiger partial charge >= 0.3 is 0 Å². The summed E-state index contributed by atoms with van der Waals surface area (Å²) in [5.41, 5.74) is 1.12. The minimum atomic E-state index is -0.0280. The van der Waals surface area contributed by atoms with Crippen molar-refractivity contribution in [3.8, 4) is 5.88 Å². The fourth-order valence-electron chi connectivity index (χ4n) is 2.61. The van der Waals surface area contributed by atoms with Crippen LogP contribution in [0.1, 0.15) is 51.0 Å². The smallest absolute Gasteiger partial charge is 0.220 e. The normalized spacial score (nSPS) is 21.2. The Kier molecular flexibility index (Phi) is 5.92. The average molecular weight is 304 g/mol. The highest BCUT2D eigenvalue weighted by atomic mass is 16.5. The average Bonchev–Trinajstić information content (AvgIpc) is 2.49. The Bertz CT molecular complexity index is 505. The third-order valence-electron chi connectivity index (χ3n) is 3.92. The lowest BCUT2D eigenvalue weighted by Crippen LogP contribution is -2.39. The van der Waals surface area contributed by atoms with Crippen LogP contribution in [0.2, 0.25) is 0 Å². The lowest BCUT2D eigenvalue weighted by molar-refractivity contribution is -0.125.